The molecule has 2 atom stereocenters. The van der Waals surface area contributed by atoms with Crippen molar-refractivity contribution in [3.8, 4) is 11.1 Å². The second kappa shape index (κ2) is 14.2. The zero-order valence-corrected chi connectivity index (χ0v) is 28.6. The lowest BCUT2D eigenvalue weighted by Crippen LogP contribution is -2.53. The van der Waals surface area contributed by atoms with E-state index in [-0.39, 0.29) is 40.9 Å². The molecule has 0 radical (unpaired) electrons. The molecule has 260 valence electrons. The number of pyridine rings is 1. The van der Waals surface area contributed by atoms with Crippen LogP contribution in [-0.2, 0) is 22.2 Å². The van der Waals surface area contributed by atoms with E-state index >= 15 is 4.39 Å². The van der Waals surface area contributed by atoms with E-state index in [1.807, 2.05) is 36.9 Å². The number of carboxylic acids is 1. The number of aliphatic carboxylic acids is 1. The predicted octanol–water partition coefficient (Wildman–Crippen LogP) is 7.40. The van der Waals surface area contributed by atoms with Crippen LogP contribution in [-0.4, -0.2) is 46.1 Å². The number of carbonyl (C=O) groups excluding carboxylic acids is 1. The summed E-state index contributed by atoms with van der Waals surface area (Å²) in [6.45, 7) is 14.9. The van der Waals surface area contributed by atoms with Crippen molar-refractivity contribution in [2.75, 3.05) is 19.6 Å². The zero-order chi connectivity index (χ0) is 35.7. The van der Waals surface area contributed by atoms with E-state index in [4.69, 9.17) is 0 Å². The van der Waals surface area contributed by atoms with Gasteiger partial charge >= 0.3 is 12.1 Å². The number of carbonyl (C=O) groups is 2. The van der Waals surface area contributed by atoms with Crippen LogP contribution in [0.1, 0.15) is 86.0 Å². The fourth-order valence-electron chi connectivity index (χ4n) is 6.84. The van der Waals surface area contributed by atoms with E-state index < -0.39 is 53.5 Å². The Morgan fingerprint density at radius 3 is 2.19 bits per heavy atom. The van der Waals surface area contributed by atoms with Gasteiger partial charge in [0.2, 0.25) is 5.91 Å². The number of rotatable bonds is 12. The normalized spacial score (nSPS) is 16.0. The molecule has 1 aliphatic rings. The fourth-order valence-corrected chi connectivity index (χ4v) is 6.84. The summed E-state index contributed by atoms with van der Waals surface area (Å²) < 4.78 is 59.1. The minimum absolute atomic E-state index is 0.0124. The molecule has 2 aromatic carbocycles. The van der Waals surface area contributed by atoms with E-state index in [1.165, 1.54) is 6.07 Å². The van der Waals surface area contributed by atoms with Crippen LogP contribution in [0.2, 0.25) is 0 Å². The van der Waals surface area contributed by atoms with Gasteiger partial charge in [-0.05, 0) is 90.5 Å². The SMILES string of the molecule is Cc1cc(-c2c(C)cccc2C)cc(C(CC(=O)O)NC(=O)C(CC(C)C)n2cc(CCN3CC(C)(C)C3)c(C(F)(F)F)cc2=O)c1F. The number of halogens is 4. The number of hydrogen-bond acceptors (Lipinski definition) is 4. The molecule has 0 saturated carbocycles. The van der Waals surface area contributed by atoms with Gasteiger partial charge in [-0.1, -0.05) is 45.9 Å². The number of nitrogens with zero attached hydrogens (tertiary/aromatic N) is 2. The van der Waals surface area contributed by atoms with Crippen molar-refractivity contribution < 1.29 is 32.3 Å². The molecule has 2 N–H and O–H groups in total. The minimum Gasteiger partial charge on any atom is -0.481 e. The Hall–Kier alpha value is -3.99. The van der Waals surface area contributed by atoms with Crippen LogP contribution < -0.4 is 10.9 Å². The molecule has 1 fully saturated rings. The molecule has 1 aromatic heterocycles. The van der Waals surface area contributed by atoms with E-state index in [0.29, 0.717) is 18.2 Å². The summed E-state index contributed by atoms with van der Waals surface area (Å²) in [7, 11) is 0. The molecule has 2 heterocycles. The summed E-state index contributed by atoms with van der Waals surface area (Å²) in [6.07, 6.45) is -4.24. The zero-order valence-electron chi connectivity index (χ0n) is 28.6. The average Bonchev–Trinajstić information content (AvgIpc) is 2.94. The highest BCUT2D eigenvalue weighted by Crippen LogP contribution is 2.35. The first kappa shape index (κ1) is 36.8. The highest BCUT2D eigenvalue weighted by Gasteiger charge is 2.38. The third kappa shape index (κ3) is 8.53. The number of carboxylic acid groups (broad SMARTS) is 1. The van der Waals surface area contributed by atoms with Gasteiger partial charge in [0.25, 0.3) is 5.56 Å². The summed E-state index contributed by atoms with van der Waals surface area (Å²) in [4.78, 5) is 41.4. The largest absolute Gasteiger partial charge is 0.481 e. The number of likely N-dealkylation sites (tertiary alicyclic amines) is 1. The lowest BCUT2D eigenvalue weighted by molar-refractivity contribution is -0.139. The van der Waals surface area contributed by atoms with Gasteiger partial charge in [-0.2, -0.15) is 13.2 Å². The maximum atomic E-state index is 15.8. The summed E-state index contributed by atoms with van der Waals surface area (Å²) in [5, 5.41) is 12.5. The van der Waals surface area contributed by atoms with Gasteiger partial charge in [0, 0.05) is 37.5 Å². The maximum Gasteiger partial charge on any atom is 0.416 e. The Morgan fingerprint density at radius 1 is 1.02 bits per heavy atom. The van der Waals surface area contributed by atoms with E-state index in [0.717, 1.165) is 40.5 Å². The van der Waals surface area contributed by atoms with Crippen LogP contribution in [0.5, 0.6) is 0 Å². The highest BCUT2D eigenvalue weighted by molar-refractivity contribution is 5.82. The third-order valence-electron chi connectivity index (χ3n) is 8.93. The van der Waals surface area contributed by atoms with Crippen LogP contribution in [0.3, 0.4) is 0 Å². The van der Waals surface area contributed by atoms with Crippen LogP contribution in [0, 0.1) is 37.9 Å². The quantitative estimate of drug-likeness (QED) is 0.196. The monoisotopic (exact) mass is 671 g/mol. The molecule has 3 aromatic rings. The molecule has 1 amide bonds. The number of alkyl halides is 3. The molecular weight excluding hydrogens is 626 g/mol. The van der Waals surface area contributed by atoms with E-state index in [2.05, 4.69) is 19.2 Å². The van der Waals surface area contributed by atoms with Crippen molar-refractivity contribution in [2.45, 2.75) is 86.0 Å². The Balaban J connectivity index is 1.75. The van der Waals surface area contributed by atoms with Crippen molar-refractivity contribution in [2.24, 2.45) is 11.3 Å². The standard InChI is InChI=1S/C37H45F4N3O4/c1-21(2)13-30(44-18-25(11-12-43-19-36(6,7)20-43)28(16-31(44)45)37(39,40)41)35(48)42-29(17-32(46)47)27-15-26(14-24(5)34(27)38)33-22(3)9-8-10-23(33)4/h8-10,14-16,18,21,29-30H,11-13,17,19-20H2,1-7H3,(H,42,48)(H,46,47). The van der Waals surface area contributed by atoms with Crippen LogP contribution in [0.15, 0.2) is 47.4 Å². The number of aromatic nitrogens is 1. The topological polar surface area (TPSA) is 91.6 Å². The van der Waals surface area contributed by atoms with Gasteiger partial charge in [0.1, 0.15) is 11.9 Å². The van der Waals surface area contributed by atoms with Gasteiger partial charge in [0.05, 0.1) is 18.0 Å². The first-order valence-corrected chi connectivity index (χ1v) is 16.2. The van der Waals surface area contributed by atoms with E-state index in [1.54, 1.807) is 26.8 Å². The average molecular weight is 672 g/mol. The third-order valence-corrected chi connectivity index (χ3v) is 8.93. The van der Waals surface area contributed by atoms with Crippen molar-refractivity contribution in [3.63, 3.8) is 0 Å². The van der Waals surface area contributed by atoms with Crippen LogP contribution in [0.25, 0.3) is 11.1 Å². The molecule has 0 aliphatic carbocycles. The molecule has 7 nitrogen and oxygen atoms in total. The van der Waals surface area contributed by atoms with Gasteiger partial charge < -0.3 is 19.9 Å². The Morgan fingerprint density at radius 2 is 1.65 bits per heavy atom. The molecule has 2 unspecified atom stereocenters. The number of benzene rings is 2. The Kier molecular flexibility index (Phi) is 10.9. The number of aryl methyl sites for hydroxylation is 3. The molecule has 4 rings (SSSR count). The summed E-state index contributed by atoms with van der Waals surface area (Å²) in [5.41, 5.74) is 1.49. The van der Waals surface area contributed by atoms with Crippen molar-refractivity contribution >= 4 is 11.9 Å². The Labute approximate surface area is 279 Å². The van der Waals surface area contributed by atoms with Gasteiger partial charge in [0.15, 0.2) is 0 Å². The minimum atomic E-state index is -4.78. The maximum absolute atomic E-state index is 15.8. The number of nitrogens with one attached hydrogen (secondary N) is 1. The molecular formula is C37H45F4N3O4. The molecule has 0 spiro atoms. The van der Waals surface area contributed by atoms with Crippen molar-refractivity contribution in [1.82, 2.24) is 14.8 Å². The lowest BCUT2D eigenvalue weighted by atomic mass is 9.84. The molecule has 0 bridgehead atoms. The molecule has 1 saturated heterocycles. The highest BCUT2D eigenvalue weighted by atomic mass is 19.4. The number of amides is 1. The molecule has 48 heavy (non-hydrogen) atoms. The summed E-state index contributed by atoms with van der Waals surface area (Å²) in [6, 6.07) is 6.84. The fraction of sp³-hybridized carbons (Fsp3) is 0.486. The van der Waals surface area contributed by atoms with E-state index in [9.17, 15) is 32.7 Å². The van der Waals surface area contributed by atoms with Crippen molar-refractivity contribution in [3.05, 3.63) is 92.1 Å². The smallest absolute Gasteiger partial charge is 0.416 e. The van der Waals surface area contributed by atoms with Gasteiger partial charge in [-0.25, -0.2) is 4.39 Å². The summed E-state index contributed by atoms with van der Waals surface area (Å²) >= 11 is 0. The second-order valence-electron chi connectivity index (χ2n) is 14.3. The van der Waals surface area contributed by atoms with Gasteiger partial charge in [-0.15, -0.1) is 0 Å². The van der Waals surface area contributed by atoms with Gasteiger partial charge in [-0.3, -0.25) is 14.4 Å². The molecule has 1 aliphatic heterocycles. The molecule has 11 heteroatoms. The number of hydrogen-bond donors (Lipinski definition) is 2. The Bertz CT molecular complexity index is 1720. The predicted molar refractivity (Wildman–Crippen MR) is 177 cm³/mol. The van der Waals surface area contributed by atoms with Crippen molar-refractivity contribution in [1.29, 1.82) is 0 Å². The lowest BCUT2D eigenvalue weighted by Gasteiger charge is -2.46. The first-order valence-electron chi connectivity index (χ1n) is 16.2. The van der Waals surface area contributed by atoms with Crippen LogP contribution >= 0.6 is 0 Å². The first-order chi connectivity index (χ1) is 22.3. The second-order valence-corrected chi connectivity index (χ2v) is 14.3. The van der Waals surface area contributed by atoms with Crippen LogP contribution in [0.4, 0.5) is 17.6 Å². The summed E-state index contributed by atoms with van der Waals surface area (Å²) in [5.74, 6) is -2.94.